The van der Waals surface area contributed by atoms with Crippen molar-refractivity contribution < 1.29 is 9.59 Å². The Hall–Kier alpha value is -1.70. The lowest BCUT2D eigenvalue weighted by Crippen LogP contribution is -2.13. The molecule has 2 aliphatic carbocycles. The molecule has 2 aliphatic rings. The third-order valence-corrected chi connectivity index (χ3v) is 1.84. The first-order valence-corrected chi connectivity index (χ1v) is 3.65. The van der Waals surface area contributed by atoms with Crippen LogP contribution in [0, 0.1) is 0 Å². The van der Waals surface area contributed by atoms with Crippen molar-refractivity contribution >= 4 is 11.6 Å². The molecule has 0 aromatic carbocycles. The monoisotopic (exact) mass is 158 g/mol. The second kappa shape index (κ2) is 2.41. The lowest BCUT2D eigenvalue weighted by atomic mass is 9.90. The topological polar surface area (TPSA) is 34.1 Å². The molecule has 0 saturated heterocycles. The summed E-state index contributed by atoms with van der Waals surface area (Å²) < 4.78 is 0. The van der Waals surface area contributed by atoms with Gasteiger partial charge in [-0.05, 0) is 12.2 Å². The summed E-state index contributed by atoms with van der Waals surface area (Å²) in [6, 6.07) is 0. The molecule has 0 aliphatic heterocycles. The molecule has 0 radical (unpaired) electrons. The van der Waals surface area contributed by atoms with Crippen LogP contribution in [-0.4, -0.2) is 11.6 Å². The molecule has 2 rings (SSSR count). The smallest absolute Gasteiger partial charge is 0.186 e. The maximum Gasteiger partial charge on any atom is 0.186 e. The van der Waals surface area contributed by atoms with E-state index < -0.39 is 0 Å². The molecule has 2 nitrogen and oxygen atoms in total. The molecule has 12 heavy (non-hydrogen) atoms. The Morgan fingerprint density at radius 1 is 0.750 bits per heavy atom. The molecule has 58 valence electrons. The van der Waals surface area contributed by atoms with Crippen LogP contribution in [0.5, 0.6) is 0 Å². The van der Waals surface area contributed by atoms with Gasteiger partial charge >= 0.3 is 0 Å². The van der Waals surface area contributed by atoms with Gasteiger partial charge in [0.15, 0.2) is 11.6 Å². The van der Waals surface area contributed by atoms with Crippen LogP contribution >= 0.6 is 0 Å². The van der Waals surface area contributed by atoms with Gasteiger partial charge in [0.25, 0.3) is 0 Å². The maximum absolute atomic E-state index is 11.2. The van der Waals surface area contributed by atoms with Crippen molar-refractivity contribution in [3.8, 4) is 0 Å². The number of hydrogen-bond donors (Lipinski definition) is 0. The number of ketones is 2. The Bertz CT molecular complexity index is 341. The van der Waals surface area contributed by atoms with E-state index in [2.05, 4.69) is 0 Å². The van der Waals surface area contributed by atoms with E-state index in [0.717, 1.165) is 0 Å². The molecule has 0 fully saturated rings. The van der Waals surface area contributed by atoms with E-state index in [4.69, 9.17) is 0 Å². The van der Waals surface area contributed by atoms with Crippen LogP contribution in [0.15, 0.2) is 47.6 Å². The van der Waals surface area contributed by atoms with Crippen molar-refractivity contribution in [2.75, 3.05) is 0 Å². The number of carbonyl (C=O) groups is 2. The zero-order chi connectivity index (χ0) is 8.55. The number of rotatable bonds is 0. The van der Waals surface area contributed by atoms with Crippen LogP contribution in [0.2, 0.25) is 0 Å². The minimum atomic E-state index is -0.0924. The third-order valence-electron chi connectivity index (χ3n) is 1.84. The molecule has 0 bridgehead atoms. The second-order valence-corrected chi connectivity index (χ2v) is 2.61. The Labute approximate surface area is 69.6 Å². The van der Waals surface area contributed by atoms with Gasteiger partial charge in [0, 0.05) is 11.1 Å². The molecule has 0 aromatic rings. The normalized spacial score (nSPS) is 20.3. The Balaban J connectivity index is 2.57. The number of allylic oxidation sites excluding steroid dienone is 8. The van der Waals surface area contributed by atoms with Crippen LogP contribution in [0.1, 0.15) is 0 Å². The first-order valence-electron chi connectivity index (χ1n) is 3.65. The number of fused-ring (bicyclic) bond motifs is 1. The molecule has 0 aromatic heterocycles. The molecule has 0 saturated carbocycles. The highest BCUT2D eigenvalue weighted by molar-refractivity contribution is 6.22. The van der Waals surface area contributed by atoms with Crippen LogP contribution in [0.3, 0.4) is 0 Å². The summed E-state index contributed by atoms with van der Waals surface area (Å²) in [6.45, 7) is 0. The predicted molar refractivity (Wildman–Crippen MR) is 44.5 cm³/mol. The van der Waals surface area contributed by atoms with Crippen molar-refractivity contribution in [3.63, 3.8) is 0 Å². The predicted octanol–water partition coefficient (Wildman–Crippen LogP) is 1.12. The zero-order valence-electron chi connectivity index (χ0n) is 6.28. The third kappa shape index (κ3) is 0.889. The summed E-state index contributed by atoms with van der Waals surface area (Å²) in [4.78, 5) is 22.4. The van der Waals surface area contributed by atoms with Gasteiger partial charge in [-0.15, -0.1) is 0 Å². The zero-order valence-corrected chi connectivity index (χ0v) is 6.28. The largest absolute Gasteiger partial charge is 0.289 e. The van der Waals surface area contributed by atoms with Gasteiger partial charge in [0.2, 0.25) is 0 Å². The Morgan fingerprint density at radius 3 is 1.58 bits per heavy atom. The van der Waals surface area contributed by atoms with Crippen LogP contribution in [0.25, 0.3) is 0 Å². The van der Waals surface area contributed by atoms with Gasteiger partial charge in [-0.25, -0.2) is 0 Å². The Morgan fingerprint density at radius 2 is 1.17 bits per heavy atom. The van der Waals surface area contributed by atoms with Crippen molar-refractivity contribution in [1.29, 1.82) is 0 Å². The molecule has 0 N–H and O–H groups in total. The first-order chi connectivity index (χ1) is 5.79. The summed E-state index contributed by atoms with van der Waals surface area (Å²) in [6.07, 6.45) is 9.46. The van der Waals surface area contributed by atoms with E-state index in [1.54, 1.807) is 24.3 Å². The van der Waals surface area contributed by atoms with E-state index in [1.165, 1.54) is 12.2 Å². The molecular formula is C10H6O2. The average Bonchev–Trinajstić information content (AvgIpc) is 2.07. The summed E-state index contributed by atoms with van der Waals surface area (Å²) in [5.41, 5.74) is 1.01. The SMILES string of the molecule is O=C1C=CC=C2C(=O)C=CC=C12. The summed E-state index contributed by atoms with van der Waals surface area (Å²) >= 11 is 0. The van der Waals surface area contributed by atoms with E-state index in [-0.39, 0.29) is 11.6 Å². The maximum atomic E-state index is 11.2. The molecular weight excluding hydrogens is 152 g/mol. The summed E-state index contributed by atoms with van der Waals surface area (Å²) in [5, 5.41) is 0. The van der Waals surface area contributed by atoms with Crippen LogP contribution < -0.4 is 0 Å². The fraction of sp³-hybridized carbons (Fsp3) is 0. The van der Waals surface area contributed by atoms with Gasteiger partial charge in [-0.3, -0.25) is 9.59 Å². The van der Waals surface area contributed by atoms with Crippen LogP contribution in [0.4, 0.5) is 0 Å². The quantitative estimate of drug-likeness (QED) is 0.529. The van der Waals surface area contributed by atoms with Gasteiger partial charge in [-0.2, -0.15) is 0 Å². The van der Waals surface area contributed by atoms with E-state index in [9.17, 15) is 9.59 Å². The fourth-order valence-corrected chi connectivity index (χ4v) is 1.25. The summed E-state index contributed by atoms with van der Waals surface area (Å²) in [5.74, 6) is -0.185. The number of hydrogen-bond acceptors (Lipinski definition) is 2. The van der Waals surface area contributed by atoms with E-state index >= 15 is 0 Å². The fourth-order valence-electron chi connectivity index (χ4n) is 1.25. The molecule has 0 unspecified atom stereocenters. The molecule has 0 heterocycles. The highest BCUT2D eigenvalue weighted by Gasteiger charge is 2.20. The molecule has 0 atom stereocenters. The summed E-state index contributed by atoms with van der Waals surface area (Å²) in [7, 11) is 0. The molecule has 0 spiro atoms. The molecule has 0 amide bonds. The van der Waals surface area contributed by atoms with Crippen molar-refractivity contribution in [2.45, 2.75) is 0 Å². The first kappa shape index (κ1) is 6.98. The van der Waals surface area contributed by atoms with Gasteiger partial charge < -0.3 is 0 Å². The van der Waals surface area contributed by atoms with Crippen molar-refractivity contribution in [1.82, 2.24) is 0 Å². The van der Waals surface area contributed by atoms with Gasteiger partial charge in [-0.1, -0.05) is 24.3 Å². The number of carbonyl (C=O) groups excluding carboxylic acids is 2. The lowest BCUT2D eigenvalue weighted by molar-refractivity contribution is -0.114. The minimum Gasteiger partial charge on any atom is -0.289 e. The minimum absolute atomic E-state index is 0.0924. The highest BCUT2D eigenvalue weighted by Crippen LogP contribution is 2.21. The molecule has 2 heteroatoms. The Kier molecular flexibility index (Phi) is 1.40. The standard InChI is InChI=1S/C10H6O2/c11-9-5-1-3-7-8(9)4-2-6-10(7)12/h1-6H. The van der Waals surface area contributed by atoms with E-state index in [0.29, 0.717) is 11.1 Å². The average molecular weight is 158 g/mol. The van der Waals surface area contributed by atoms with Gasteiger partial charge in [0.05, 0.1) is 0 Å². The van der Waals surface area contributed by atoms with Gasteiger partial charge in [0.1, 0.15) is 0 Å². The lowest BCUT2D eigenvalue weighted by Gasteiger charge is -2.11. The van der Waals surface area contributed by atoms with Crippen LogP contribution in [-0.2, 0) is 9.59 Å². The highest BCUT2D eigenvalue weighted by atomic mass is 16.1. The van der Waals surface area contributed by atoms with E-state index in [1.807, 2.05) is 0 Å². The van der Waals surface area contributed by atoms with Crippen molar-refractivity contribution in [3.05, 3.63) is 47.6 Å². The second-order valence-electron chi connectivity index (χ2n) is 2.61. The van der Waals surface area contributed by atoms with Crippen molar-refractivity contribution in [2.24, 2.45) is 0 Å².